The van der Waals surface area contributed by atoms with E-state index in [0.29, 0.717) is 16.9 Å². The second-order valence-electron chi connectivity index (χ2n) is 5.22. The highest BCUT2D eigenvalue weighted by Crippen LogP contribution is 2.36. The molecule has 0 spiro atoms. The Hall–Kier alpha value is -0.870. The van der Waals surface area contributed by atoms with Crippen molar-refractivity contribution in [3.8, 4) is 0 Å². The lowest BCUT2D eigenvalue weighted by molar-refractivity contribution is 0.402. The van der Waals surface area contributed by atoms with Crippen molar-refractivity contribution in [2.45, 2.75) is 50.0 Å². The first-order chi connectivity index (χ1) is 9.10. The average Bonchev–Trinajstić information content (AvgIpc) is 2.42. The number of hydrogen-bond acceptors (Lipinski definition) is 3. The molecule has 1 aliphatic rings. The molecule has 0 saturated carbocycles. The summed E-state index contributed by atoms with van der Waals surface area (Å²) in [7, 11) is -3.06. The fraction of sp³-hybridized carbons (Fsp3) is 0.600. The van der Waals surface area contributed by atoms with Crippen LogP contribution in [0.5, 0.6) is 0 Å². The molecule has 0 bridgehead atoms. The van der Waals surface area contributed by atoms with Crippen molar-refractivity contribution in [3.05, 3.63) is 29.8 Å². The second-order valence-corrected chi connectivity index (χ2v) is 7.30. The van der Waals surface area contributed by atoms with Gasteiger partial charge in [0.15, 0.2) is 9.84 Å². The van der Waals surface area contributed by atoms with Gasteiger partial charge < -0.3 is 5.32 Å². The summed E-state index contributed by atoms with van der Waals surface area (Å²) >= 11 is 0. The van der Waals surface area contributed by atoms with Crippen LogP contribution in [-0.4, -0.2) is 26.8 Å². The molecule has 4 heteroatoms. The highest BCUT2D eigenvalue weighted by Gasteiger charge is 2.33. The number of rotatable bonds is 5. The van der Waals surface area contributed by atoms with Gasteiger partial charge in [-0.25, -0.2) is 8.42 Å². The first-order valence-corrected chi connectivity index (χ1v) is 8.80. The molecular formula is C15H23NO2S. The van der Waals surface area contributed by atoms with Crippen molar-refractivity contribution >= 4 is 9.84 Å². The summed E-state index contributed by atoms with van der Waals surface area (Å²) in [6.45, 7) is 5.31. The molecule has 0 amide bonds. The van der Waals surface area contributed by atoms with Crippen LogP contribution in [0.2, 0.25) is 0 Å². The summed E-state index contributed by atoms with van der Waals surface area (Å²) in [4.78, 5) is 0.544. The minimum Gasteiger partial charge on any atom is -0.313 e. The van der Waals surface area contributed by atoms with Gasteiger partial charge in [-0.15, -0.1) is 0 Å². The van der Waals surface area contributed by atoms with E-state index in [0.717, 1.165) is 31.4 Å². The van der Waals surface area contributed by atoms with Crippen molar-refractivity contribution in [2.75, 3.05) is 12.3 Å². The summed E-state index contributed by atoms with van der Waals surface area (Å²) < 4.78 is 24.2. The Kier molecular flexibility index (Phi) is 4.63. The molecule has 2 atom stereocenters. The lowest BCUT2D eigenvalue weighted by atomic mass is 9.87. The van der Waals surface area contributed by atoms with E-state index in [1.165, 1.54) is 0 Å². The highest BCUT2D eigenvalue weighted by atomic mass is 32.2. The van der Waals surface area contributed by atoms with Crippen LogP contribution in [0.1, 0.15) is 44.6 Å². The maximum absolute atomic E-state index is 12.1. The molecular weight excluding hydrogens is 258 g/mol. The molecule has 1 aliphatic heterocycles. The predicted octanol–water partition coefficient (Wildman–Crippen LogP) is 2.73. The lowest BCUT2D eigenvalue weighted by Crippen LogP contribution is -2.38. The zero-order chi connectivity index (χ0) is 13.9. The van der Waals surface area contributed by atoms with Gasteiger partial charge in [-0.1, -0.05) is 32.0 Å². The normalized spacial score (nSPS) is 22.7. The Bertz CT molecular complexity index is 525. The minimum absolute atomic E-state index is 0.277. The third-order valence-corrected chi connectivity index (χ3v) is 5.75. The molecule has 0 fully saturated rings. The van der Waals surface area contributed by atoms with Gasteiger partial charge in [0.1, 0.15) is 0 Å². The zero-order valence-electron chi connectivity index (χ0n) is 11.7. The summed E-state index contributed by atoms with van der Waals surface area (Å²) in [5, 5.41) is 3.56. The second kappa shape index (κ2) is 6.06. The Labute approximate surface area is 116 Å². The average molecular weight is 281 g/mol. The van der Waals surface area contributed by atoms with E-state index in [1.54, 1.807) is 6.07 Å². The monoisotopic (exact) mass is 281 g/mol. The van der Waals surface area contributed by atoms with Gasteiger partial charge in [0.2, 0.25) is 0 Å². The first kappa shape index (κ1) is 14.5. The van der Waals surface area contributed by atoms with E-state index in [-0.39, 0.29) is 5.75 Å². The van der Waals surface area contributed by atoms with Gasteiger partial charge >= 0.3 is 0 Å². The molecule has 3 nitrogen and oxygen atoms in total. The van der Waals surface area contributed by atoms with Crippen LogP contribution in [0.15, 0.2) is 29.2 Å². The molecule has 2 rings (SSSR count). The van der Waals surface area contributed by atoms with E-state index in [1.807, 2.05) is 18.2 Å². The van der Waals surface area contributed by atoms with E-state index >= 15 is 0 Å². The third-order valence-electron chi connectivity index (χ3n) is 3.93. The van der Waals surface area contributed by atoms with Crippen molar-refractivity contribution < 1.29 is 8.42 Å². The third kappa shape index (κ3) is 3.00. The summed E-state index contributed by atoms with van der Waals surface area (Å²) in [6.07, 6.45) is 2.86. The standard InChI is InChI=1S/C15H23NO2S/c1-3-10-16-14(4-2)12-9-11-19(17,18)15-8-6-5-7-13(12)15/h5-8,12,14,16H,3-4,9-11H2,1-2H3. The van der Waals surface area contributed by atoms with Gasteiger partial charge in [0.25, 0.3) is 0 Å². The summed E-state index contributed by atoms with van der Waals surface area (Å²) in [6, 6.07) is 7.87. The highest BCUT2D eigenvalue weighted by molar-refractivity contribution is 7.91. The van der Waals surface area contributed by atoms with Crippen molar-refractivity contribution in [3.63, 3.8) is 0 Å². The van der Waals surface area contributed by atoms with Crippen molar-refractivity contribution in [1.82, 2.24) is 5.32 Å². The maximum atomic E-state index is 12.1. The molecule has 0 aromatic heterocycles. The molecule has 1 N–H and O–H groups in total. The molecule has 1 heterocycles. The molecule has 106 valence electrons. The minimum atomic E-state index is -3.06. The van der Waals surface area contributed by atoms with E-state index in [9.17, 15) is 8.42 Å². The molecule has 1 aromatic carbocycles. The van der Waals surface area contributed by atoms with Crippen LogP contribution in [0.3, 0.4) is 0 Å². The smallest absolute Gasteiger partial charge is 0.178 e. The van der Waals surface area contributed by atoms with E-state index in [2.05, 4.69) is 19.2 Å². The van der Waals surface area contributed by atoms with Crippen LogP contribution >= 0.6 is 0 Å². The fourth-order valence-corrected chi connectivity index (χ4v) is 4.59. The quantitative estimate of drug-likeness (QED) is 0.902. The van der Waals surface area contributed by atoms with Crippen molar-refractivity contribution in [1.29, 1.82) is 0 Å². The SMILES string of the molecule is CCCNC(CC)C1CCS(=O)(=O)c2ccccc21. The molecule has 0 aliphatic carbocycles. The lowest BCUT2D eigenvalue weighted by Gasteiger charge is -2.32. The Morgan fingerprint density at radius 2 is 2.05 bits per heavy atom. The molecule has 19 heavy (non-hydrogen) atoms. The summed E-state index contributed by atoms with van der Waals surface area (Å²) in [5.41, 5.74) is 1.00. The zero-order valence-corrected chi connectivity index (χ0v) is 12.5. The number of hydrogen-bond donors (Lipinski definition) is 1. The number of fused-ring (bicyclic) bond motifs is 1. The van der Waals surface area contributed by atoms with Gasteiger partial charge in [-0.2, -0.15) is 0 Å². The molecule has 0 radical (unpaired) electrons. The fourth-order valence-electron chi connectivity index (χ4n) is 2.94. The number of benzene rings is 1. The van der Waals surface area contributed by atoms with E-state index < -0.39 is 9.84 Å². The van der Waals surface area contributed by atoms with Crippen LogP contribution in [0.4, 0.5) is 0 Å². The van der Waals surface area contributed by atoms with Gasteiger partial charge in [0, 0.05) is 12.0 Å². The van der Waals surface area contributed by atoms with Crippen LogP contribution in [0.25, 0.3) is 0 Å². The van der Waals surface area contributed by atoms with Crippen LogP contribution < -0.4 is 5.32 Å². The maximum Gasteiger partial charge on any atom is 0.178 e. The molecule has 2 unspecified atom stereocenters. The van der Waals surface area contributed by atoms with Crippen LogP contribution in [0, 0.1) is 0 Å². The largest absolute Gasteiger partial charge is 0.313 e. The first-order valence-electron chi connectivity index (χ1n) is 7.15. The van der Waals surface area contributed by atoms with Gasteiger partial charge in [-0.05, 0) is 37.4 Å². The Balaban J connectivity index is 2.33. The number of sulfone groups is 1. The predicted molar refractivity (Wildman–Crippen MR) is 78.2 cm³/mol. The van der Waals surface area contributed by atoms with Gasteiger partial charge in [0.05, 0.1) is 10.6 Å². The van der Waals surface area contributed by atoms with Gasteiger partial charge in [-0.3, -0.25) is 0 Å². The topological polar surface area (TPSA) is 46.2 Å². The van der Waals surface area contributed by atoms with E-state index in [4.69, 9.17) is 0 Å². The Morgan fingerprint density at radius 3 is 2.74 bits per heavy atom. The Morgan fingerprint density at radius 1 is 1.32 bits per heavy atom. The molecule has 0 saturated heterocycles. The van der Waals surface area contributed by atoms with Crippen molar-refractivity contribution in [2.24, 2.45) is 0 Å². The number of nitrogens with one attached hydrogen (secondary N) is 1. The van der Waals surface area contributed by atoms with Crippen LogP contribution in [-0.2, 0) is 9.84 Å². The molecule has 1 aromatic rings. The summed E-state index contributed by atoms with van der Waals surface area (Å²) in [5.74, 6) is 0.593.